The monoisotopic (exact) mass is 378 g/mol. The molecule has 1 N–H and O–H groups in total. The number of rotatable bonds is 3. The van der Waals surface area contributed by atoms with Gasteiger partial charge in [-0.05, 0) is 60.4 Å². The van der Waals surface area contributed by atoms with Crippen LogP contribution in [-0.4, -0.2) is 28.9 Å². The number of para-hydroxylation sites is 1. The minimum Gasteiger partial charge on any atom is -0.361 e. The number of aromatic nitrogens is 1. The van der Waals surface area contributed by atoms with Crippen LogP contribution in [0, 0.1) is 5.92 Å². The second-order valence-corrected chi connectivity index (χ2v) is 8.33. The third kappa shape index (κ3) is 3.14. The highest BCUT2D eigenvalue weighted by atomic mass is 35.5. The first kappa shape index (κ1) is 16.9. The number of carbonyl (C=O) groups is 1. The highest BCUT2D eigenvalue weighted by molar-refractivity contribution is 6.30. The molecule has 3 nitrogen and oxygen atoms in total. The van der Waals surface area contributed by atoms with Gasteiger partial charge in [0.25, 0.3) is 0 Å². The first-order valence-corrected chi connectivity index (χ1v) is 10.2. The fraction of sp³-hybridized carbons (Fsp3) is 0.348. The van der Waals surface area contributed by atoms with Gasteiger partial charge in [-0.25, -0.2) is 0 Å². The number of piperidine rings is 1. The maximum atomic E-state index is 12.9. The number of aromatic amines is 1. The van der Waals surface area contributed by atoms with Gasteiger partial charge in [-0.1, -0.05) is 41.9 Å². The van der Waals surface area contributed by atoms with Gasteiger partial charge in [-0.15, -0.1) is 0 Å². The number of hydrogen-bond donors (Lipinski definition) is 1. The Morgan fingerprint density at radius 3 is 2.70 bits per heavy atom. The van der Waals surface area contributed by atoms with E-state index in [-0.39, 0.29) is 5.92 Å². The van der Waals surface area contributed by atoms with Gasteiger partial charge in [0.05, 0.1) is 0 Å². The molecule has 2 fully saturated rings. The van der Waals surface area contributed by atoms with Crippen LogP contribution in [0.25, 0.3) is 10.9 Å². The maximum Gasteiger partial charge on any atom is 0.226 e. The Labute approximate surface area is 164 Å². The maximum absolute atomic E-state index is 12.9. The molecule has 27 heavy (non-hydrogen) atoms. The SMILES string of the molecule is O=C(C1CC1c1cccc(Cl)c1)N1CCC(c2c[nH]c3ccccc23)CC1. The minimum atomic E-state index is 0.146. The molecule has 5 rings (SSSR count). The molecule has 2 aromatic carbocycles. The summed E-state index contributed by atoms with van der Waals surface area (Å²) in [6.07, 6.45) is 5.20. The van der Waals surface area contributed by atoms with Crippen LogP contribution in [0.1, 0.15) is 42.2 Å². The average Bonchev–Trinajstić information content (AvgIpc) is 3.39. The molecule has 1 amide bonds. The number of nitrogens with zero attached hydrogens (tertiary/aromatic N) is 1. The molecule has 1 aliphatic carbocycles. The van der Waals surface area contributed by atoms with Crippen LogP contribution in [-0.2, 0) is 4.79 Å². The number of likely N-dealkylation sites (tertiary alicyclic amines) is 1. The van der Waals surface area contributed by atoms with Crippen molar-refractivity contribution in [2.24, 2.45) is 5.92 Å². The molecule has 138 valence electrons. The summed E-state index contributed by atoms with van der Waals surface area (Å²) < 4.78 is 0. The van der Waals surface area contributed by atoms with E-state index >= 15 is 0 Å². The zero-order valence-corrected chi connectivity index (χ0v) is 16.0. The van der Waals surface area contributed by atoms with Crippen molar-refractivity contribution in [1.82, 2.24) is 9.88 Å². The normalized spacial score (nSPS) is 22.9. The first-order chi connectivity index (χ1) is 13.2. The van der Waals surface area contributed by atoms with E-state index in [1.54, 1.807) is 0 Å². The summed E-state index contributed by atoms with van der Waals surface area (Å²) in [6, 6.07) is 16.4. The summed E-state index contributed by atoms with van der Waals surface area (Å²) in [6.45, 7) is 1.73. The average molecular weight is 379 g/mol. The Hall–Kier alpha value is -2.26. The number of nitrogens with one attached hydrogen (secondary N) is 1. The van der Waals surface area contributed by atoms with E-state index in [1.807, 2.05) is 18.2 Å². The van der Waals surface area contributed by atoms with Crippen molar-refractivity contribution < 1.29 is 4.79 Å². The standard InChI is InChI=1S/C23H23ClN2O/c24-17-5-3-4-16(12-17)19-13-20(19)23(27)26-10-8-15(9-11-26)21-14-25-22-7-2-1-6-18(21)22/h1-7,12,14-15,19-20,25H,8-11,13H2. The molecule has 1 aliphatic heterocycles. The van der Waals surface area contributed by atoms with E-state index in [1.165, 1.54) is 22.0 Å². The van der Waals surface area contributed by atoms with Crippen molar-refractivity contribution in [3.05, 3.63) is 70.9 Å². The molecule has 0 spiro atoms. The van der Waals surface area contributed by atoms with Gasteiger partial charge >= 0.3 is 0 Å². The predicted octanol–water partition coefficient (Wildman–Crippen LogP) is 5.33. The van der Waals surface area contributed by atoms with E-state index in [0.717, 1.165) is 37.4 Å². The molecule has 2 atom stereocenters. The van der Waals surface area contributed by atoms with E-state index < -0.39 is 0 Å². The summed E-state index contributed by atoms with van der Waals surface area (Å²) in [5.41, 5.74) is 3.81. The van der Waals surface area contributed by atoms with Crippen LogP contribution >= 0.6 is 11.6 Å². The zero-order valence-electron chi connectivity index (χ0n) is 15.2. The number of carbonyl (C=O) groups excluding carboxylic acids is 1. The number of amides is 1. The molecule has 1 saturated heterocycles. The van der Waals surface area contributed by atoms with Crippen LogP contribution in [0.15, 0.2) is 54.7 Å². The lowest BCUT2D eigenvalue weighted by Crippen LogP contribution is -2.39. The van der Waals surface area contributed by atoms with Gasteiger partial charge in [-0.3, -0.25) is 4.79 Å². The smallest absolute Gasteiger partial charge is 0.226 e. The Bertz CT molecular complexity index is 987. The Morgan fingerprint density at radius 2 is 1.89 bits per heavy atom. The zero-order chi connectivity index (χ0) is 18.4. The molecule has 1 saturated carbocycles. The third-order valence-electron chi connectivity index (χ3n) is 6.25. The molecule has 2 aliphatic rings. The number of H-pyrrole nitrogens is 1. The van der Waals surface area contributed by atoms with Crippen LogP contribution in [0.5, 0.6) is 0 Å². The number of fused-ring (bicyclic) bond motifs is 1. The summed E-state index contributed by atoms with van der Waals surface area (Å²) in [5, 5.41) is 2.08. The lowest BCUT2D eigenvalue weighted by molar-refractivity contribution is -0.133. The Morgan fingerprint density at radius 1 is 1.07 bits per heavy atom. The molecule has 1 aromatic heterocycles. The Balaban J connectivity index is 1.23. The van der Waals surface area contributed by atoms with Crippen molar-refractivity contribution in [2.45, 2.75) is 31.1 Å². The van der Waals surface area contributed by atoms with E-state index in [9.17, 15) is 4.79 Å². The van der Waals surface area contributed by atoms with Gasteiger partial charge in [0, 0.05) is 41.1 Å². The highest BCUT2D eigenvalue weighted by Crippen LogP contribution is 2.49. The highest BCUT2D eigenvalue weighted by Gasteiger charge is 2.46. The van der Waals surface area contributed by atoms with Crippen molar-refractivity contribution >= 4 is 28.4 Å². The van der Waals surface area contributed by atoms with Crippen LogP contribution in [0.4, 0.5) is 0 Å². The van der Waals surface area contributed by atoms with E-state index in [0.29, 0.717) is 17.7 Å². The lowest BCUT2D eigenvalue weighted by Gasteiger charge is -2.32. The van der Waals surface area contributed by atoms with Gasteiger partial charge in [0.1, 0.15) is 0 Å². The van der Waals surface area contributed by atoms with Gasteiger partial charge in [0.15, 0.2) is 0 Å². The molecule has 4 heteroatoms. The molecular formula is C23H23ClN2O. The van der Waals surface area contributed by atoms with Gasteiger partial charge in [-0.2, -0.15) is 0 Å². The fourth-order valence-corrected chi connectivity index (χ4v) is 4.85. The van der Waals surface area contributed by atoms with Crippen molar-refractivity contribution in [2.75, 3.05) is 13.1 Å². The van der Waals surface area contributed by atoms with Gasteiger partial charge in [0.2, 0.25) is 5.91 Å². The number of benzene rings is 2. The molecule has 0 radical (unpaired) electrons. The predicted molar refractivity (Wildman–Crippen MR) is 109 cm³/mol. The quantitative estimate of drug-likeness (QED) is 0.656. The van der Waals surface area contributed by atoms with Crippen LogP contribution < -0.4 is 0 Å². The van der Waals surface area contributed by atoms with Crippen LogP contribution in [0.3, 0.4) is 0 Å². The largest absolute Gasteiger partial charge is 0.361 e. The van der Waals surface area contributed by atoms with E-state index in [2.05, 4.69) is 46.4 Å². The van der Waals surface area contributed by atoms with Crippen molar-refractivity contribution in [1.29, 1.82) is 0 Å². The first-order valence-electron chi connectivity index (χ1n) is 9.81. The molecular weight excluding hydrogens is 356 g/mol. The summed E-state index contributed by atoms with van der Waals surface area (Å²) in [7, 11) is 0. The van der Waals surface area contributed by atoms with Crippen LogP contribution in [0.2, 0.25) is 5.02 Å². The summed E-state index contributed by atoms with van der Waals surface area (Å²) >= 11 is 6.10. The fourth-order valence-electron chi connectivity index (χ4n) is 4.65. The molecule has 2 unspecified atom stereocenters. The summed E-state index contributed by atoms with van der Waals surface area (Å²) in [5.74, 6) is 1.36. The van der Waals surface area contributed by atoms with E-state index in [4.69, 9.17) is 11.6 Å². The molecule has 2 heterocycles. The molecule has 3 aromatic rings. The number of halogens is 1. The lowest BCUT2D eigenvalue weighted by atomic mass is 9.89. The van der Waals surface area contributed by atoms with Gasteiger partial charge < -0.3 is 9.88 Å². The Kier molecular flexibility index (Phi) is 4.20. The third-order valence-corrected chi connectivity index (χ3v) is 6.49. The second-order valence-electron chi connectivity index (χ2n) is 7.89. The minimum absolute atomic E-state index is 0.146. The van der Waals surface area contributed by atoms with Crippen molar-refractivity contribution in [3.8, 4) is 0 Å². The number of hydrogen-bond acceptors (Lipinski definition) is 1. The second kappa shape index (κ2) is 6.72. The summed E-state index contributed by atoms with van der Waals surface area (Å²) in [4.78, 5) is 18.4. The molecule has 0 bridgehead atoms. The topological polar surface area (TPSA) is 36.1 Å². The van der Waals surface area contributed by atoms with Crippen molar-refractivity contribution in [3.63, 3.8) is 0 Å².